The van der Waals surface area contributed by atoms with Crippen LogP contribution in [0.4, 0.5) is 14.5 Å². The predicted octanol–water partition coefficient (Wildman–Crippen LogP) is 3.64. The molecule has 1 atom stereocenters. The molecule has 3 aromatic rings. The van der Waals surface area contributed by atoms with E-state index in [1.807, 2.05) is 66.0 Å². The largest absolute Gasteiger partial charge is 0.326 e. The smallest absolute Gasteiger partial charge is 0.282 e. The summed E-state index contributed by atoms with van der Waals surface area (Å²) in [6.45, 7) is 1.72. The molecule has 0 fully saturated rings. The third-order valence-corrected chi connectivity index (χ3v) is 4.42. The number of nitrogens with one attached hydrogen (secondary N) is 1. The quantitative estimate of drug-likeness (QED) is 0.686. The van der Waals surface area contributed by atoms with Gasteiger partial charge in [0.15, 0.2) is 6.04 Å². The van der Waals surface area contributed by atoms with Crippen LogP contribution in [-0.2, 0) is 4.79 Å². The second-order valence-corrected chi connectivity index (χ2v) is 6.37. The molecular formula is C22H21F2N2O+. The number of quaternary nitrogens is 1. The molecule has 0 saturated carbocycles. The highest BCUT2D eigenvalue weighted by Gasteiger charge is 2.26. The van der Waals surface area contributed by atoms with E-state index in [1.54, 1.807) is 6.92 Å². The number of rotatable bonds is 6. The molecule has 138 valence electrons. The van der Waals surface area contributed by atoms with Gasteiger partial charge in [0.05, 0.1) is 0 Å². The summed E-state index contributed by atoms with van der Waals surface area (Å²) in [4.78, 5) is 12.5. The Morgan fingerprint density at radius 3 is 1.78 bits per heavy atom. The van der Waals surface area contributed by atoms with Gasteiger partial charge in [-0.25, -0.2) is 8.78 Å². The molecule has 0 spiro atoms. The number of nitrogens with two attached hydrogens (primary N) is 1. The Hall–Kier alpha value is -3.05. The number of para-hydroxylation sites is 1. The summed E-state index contributed by atoms with van der Waals surface area (Å²) in [6, 6.07) is 22.4. The van der Waals surface area contributed by atoms with Crippen LogP contribution in [0, 0.1) is 11.6 Å². The molecule has 3 rings (SSSR count). The average molecular weight is 367 g/mol. The summed E-state index contributed by atoms with van der Waals surface area (Å²) in [5.74, 6) is -2.05. The molecule has 0 saturated heterocycles. The minimum atomic E-state index is -0.793. The Morgan fingerprint density at radius 2 is 1.30 bits per heavy atom. The zero-order valence-electron chi connectivity index (χ0n) is 14.9. The fourth-order valence-electron chi connectivity index (χ4n) is 2.97. The Morgan fingerprint density at radius 1 is 0.815 bits per heavy atom. The molecule has 3 aromatic carbocycles. The van der Waals surface area contributed by atoms with Crippen molar-refractivity contribution in [3.05, 3.63) is 102 Å². The van der Waals surface area contributed by atoms with E-state index in [0.717, 1.165) is 23.3 Å². The van der Waals surface area contributed by atoms with Crippen molar-refractivity contribution in [3.8, 4) is 0 Å². The van der Waals surface area contributed by atoms with Crippen molar-refractivity contribution in [3.63, 3.8) is 0 Å². The lowest BCUT2D eigenvalue weighted by Gasteiger charge is -2.21. The molecule has 0 unspecified atom stereocenters. The zero-order chi connectivity index (χ0) is 19.2. The average Bonchev–Trinajstić information content (AvgIpc) is 2.70. The van der Waals surface area contributed by atoms with Gasteiger partial charge in [0.2, 0.25) is 0 Å². The summed E-state index contributed by atoms with van der Waals surface area (Å²) in [5, 5.41) is 4.25. The minimum absolute atomic E-state index is 0.112. The maximum Gasteiger partial charge on any atom is 0.282 e. The predicted molar refractivity (Wildman–Crippen MR) is 101 cm³/mol. The first-order valence-electron chi connectivity index (χ1n) is 8.76. The Labute approximate surface area is 157 Å². The number of hydrogen-bond donors (Lipinski definition) is 2. The molecule has 1 amide bonds. The van der Waals surface area contributed by atoms with Crippen LogP contribution < -0.4 is 10.6 Å². The molecule has 0 heterocycles. The molecule has 0 aliphatic carbocycles. The van der Waals surface area contributed by atoms with Crippen LogP contribution in [0.3, 0.4) is 0 Å². The standard InChI is InChI=1S/C22H20F2N2O/c1-15(22(27)26-21-18(23)13-8-14-19(21)24)25-20(16-9-4-2-5-10-16)17-11-6-3-7-12-17/h2-15,20,25H,1H3,(H,26,27)/p+1/t15-/m0/s1. The Kier molecular flexibility index (Phi) is 5.94. The van der Waals surface area contributed by atoms with E-state index in [1.165, 1.54) is 6.07 Å². The van der Waals surface area contributed by atoms with Crippen molar-refractivity contribution >= 4 is 11.6 Å². The van der Waals surface area contributed by atoms with Gasteiger partial charge in [0.25, 0.3) is 5.91 Å². The normalized spacial score (nSPS) is 12.0. The van der Waals surface area contributed by atoms with Gasteiger partial charge in [0, 0.05) is 11.1 Å². The van der Waals surface area contributed by atoms with Crippen LogP contribution in [0.5, 0.6) is 0 Å². The van der Waals surface area contributed by atoms with Crippen LogP contribution in [0.15, 0.2) is 78.9 Å². The minimum Gasteiger partial charge on any atom is -0.326 e. The fourth-order valence-corrected chi connectivity index (χ4v) is 2.97. The van der Waals surface area contributed by atoms with Crippen molar-refractivity contribution in [2.45, 2.75) is 19.0 Å². The number of anilines is 1. The summed E-state index contributed by atoms with van der Waals surface area (Å²) >= 11 is 0. The summed E-state index contributed by atoms with van der Waals surface area (Å²) < 4.78 is 27.6. The lowest BCUT2D eigenvalue weighted by molar-refractivity contribution is -0.704. The zero-order valence-corrected chi connectivity index (χ0v) is 14.9. The second-order valence-electron chi connectivity index (χ2n) is 6.37. The van der Waals surface area contributed by atoms with Gasteiger partial charge in [-0.05, 0) is 19.1 Å². The highest BCUT2D eigenvalue weighted by atomic mass is 19.1. The van der Waals surface area contributed by atoms with Gasteiger partial charge in [-0.1, -0.05) is 66.7 Å². The second kappa shape index (κ2) is 8.56. The molecule has 3 N–H and O–H groups in total. The molecule has 0 aliphatic rings. The fraction of sp³-hybridized carbons (Fsp3) is 0.136. The Balaban J connectivity index is 1.80. The molecule has 27 heavy (non-hydrogen) atoms. The van der Waals surface area contributed by atoms with Crippen molar-refractivity contribution in [1.82, 2.24) is 0 Å². The number of carbonyl (C=O) groups is 1. The first-order valence-corrected chi connectivity index (χ1v) is 8.76. The Bertz CT molecular complexity index is 841. The number of hydrogen-bond acceptors (Lipinski definition) is 1. The SMILES string of the molecule is C[C@H]([NH2+]C(c1ccccc1)c1ccccc1)C(=O)Nc1c(F)cccc1F. The van der Waals surface area contributed by atoms with Crippen LogP contribution in [0.1, 0.15) is 24.1 Å². The highest BCUT2D eigenvalue weighted by molar-refractivity contribution is 5.93. The van der Waals surface area contributed by atoms with Crippen LogP contribution in [0.25, 0.3) is 0 Å². The third kappa shape index (κ3) is 4.57. The maximum atomic E-state index is 13.8. The van der Waals surface area contributed by atoms with Crippen LogP contribution in [0.2, 0.25) is 0 Å². The van der Waals surface area contributed by atoms with Crippen LogP contribution >= 0.6 is 0 Å². The van der Waals surface area contributed by atoms with Crippen molar-refractivity contribution < 1.29 is 18.9 Å². The molecule has 3 nitrogen and oxygen atoms in total. The van der Waals surface area contributed by atoms with Gasteiger partial charge >= 0.3 is 0 Å². The van der Waals surface area contributed by atoms with Gasteiger partial charge in [-0.2, -0.15) is 0 Å². The first kappa shape index (κ1) is 18.7. The lowest BCUT2D eigenvalue weighted by atomic mass is 9.98. The van der Waals surface area contributed by atoms with E-state index < -0.39 is 29.3 Å². The molecule has 5 heteroatoms. The van der Waals surface area contributed by atoms with Gasteiger partial charge < -0.3 is 10.6 Å². The summed E-state index contributed by atoms with van der Waals surface area (Å²) in [5.41, 5.74) is 1.67. The summed E-state index contributed by atoms with van der Waals surface area (Å²) in [6.07, 6.45) is 0. The van der Waals surface area contributed by atoms with Crippen molar-refractivity contribution in [1.29, 1.82) is 0 Å². The maximum absolute atomic E-state index is 13.8. The van der Waals surface area contributed by atoms with E-state index in [0.29, 0.717) is 0 Å². The molecule has 0 aliphatic heterocycles. The topological polar surface area (TPSA) is 45.7 Å². The van der Waals surface area contributed by atoms with Crippen LogP contribution in [-0.4, -0.2) is 11.9 Å². The number of carbonyl (C=O) groups excluding carboxylic acids is 1. The van der Waals surface area contributed by atoms with E-state index >= 15 is 0 Å². The molecule has 0 aromatic heterocycles. The van der Waals surface area contributed by atoms with Crippen molar-refractivity contribution in [2.75, 3.05) is 5.32 Å². The number of amides is 1. The van der Waals surface area contributed by atoms with E-state index in [-0.39, 0.29) is 6.04 Å². The third-order valence-electron chi connectivity index (χ3n) is 4.42. The monoisotopic (exact) mass is 367 g/mol. The highest BCUT2D eigenvalue weighted by Crippen LogP contribution is 2.19. The molecule has 0 bridgehead atoms. The number of benzene rings is 3. The summed E-state index contributed by atoms with van der Waals surface area (Å²) in [7, 11) is 0. The van der Waals surface area contributed by atoms with Gasteiger partial charge in [-0.15, -0.1) is 0 Å². The molecular weight excluding hydrogens is 346 g/mol. The van der Waals surface area contributed by atoms with Crippen molar-refractivity contribution in [2.24, 2.45) is 0 Å². The van der Waals surface area contributed by atoms with E-state index in [2.05, 4.69) is 5.32 Å². The first-order chi connectivity index (χ1) is 13.1. The molecule has 0 radical (unpaired) electrons. The number of halogens is 2. The van der Waals surface area contributed by atoms with E-state index in [9.17, 15) is 13.6 Å². The van der Waals surface area contributed by atoms with Gasteiger partial charge in [-0.3, -0.25) is 4.79 Å². The van der Waals surface area contributed by atoms with Gasteiger partial charge in [0.1, 0.15) is 23.4 Å². The van der Waals surface area contributed by atoms with E-state index in [4.69, 9.17) is 0 Å². The lowest BCUT2D eigenvalue weighted by Crippen LogP contribution is -2.92.